The summed E-state index contributed by atoms with van der Waals surface area (Å²) in [4.78, 5) is 22.4. The van der Waals surface area contributed by atoms with Crippen molar-refractivity contribution in [3.05, 3.63) is 70.4 Å². The van der Waals surface area contributed by atoms with Gasteiger partial charge in [0.25, 0.3) is 0 Å². The molecule has 3 aromatic rings. The van der Waals surface area contributed by atoms with Crippen LogP contribution in [0, 0.1) is 0 Å². The number of carbonyl (C=O) groups is 1. The highest BCUT2D eigenvalue weighted by atomic mass is 35.5. The molecular formula is C24H23ClN4O4S. The summed E-state index contributed by atoms with van der Waals surface area (Å²) in [6, 6.07) is 14.6. The summed E-state index contributed by atoms with van der Waals surface area (Å²) in [6.45, 7) is 1.47. The van der Waals surface area contributed by atoms with E-state index >= 15 is 0 Å². The van der Waals surface area contributed by atoms with Crippen molar-refractivity contribution in [1.82, 2.24) is 9.97 Å². The van der Waals surface area contributed by atoms with Crippen LogP contribution in [0.4, 0.5) is 17.5 Å². The molecule has 2 N–H and O–H groups in total. The molecule has 1 aromatic heterocycles. The van der Waals surface area contributed by atoms with Gasteiger partial charge in [-0.15, -0.1) is 0 Å². The Kier molecular flexibility index (Phi) is 5.91. The SMILES string of the molecule is O=C(O)Cc1ccc(Nc2nc(N3CC(c4ccc(Cl)cc4)C3)nc3c2S(=O)(=O)CCC3)cc1. The average molecular weight is 499 g/mol. The largest absolute Gasteiger partial charge is 0.481 e. The number of aliphatic carboxylic acids is 1. The first-order chi connectivity index (χ1) is 16.3. The van der Waals surface area contributed by atoms with E-state index in [-0.39, 0.29) is 22.9 Å². The highest BCUT2D eigenvalue weighted by molar-refractivity contribution is 7.91. The molecule has 3 heterocycles. The maximum Gasteiger partial charge on any atom is 0.307 e. The molecule has 1 fully saturated rings. The molecule has 0 saturated carbocycles. The van der Waals surface area contributed by atoms with Crippen LogP contribution in [0.25, 0.3) is 0 Å². The van der Waals surface area contributed by atoms with Gasteiger partial charge in [0.2, 0.25) is 5.95 Å². The van der Waals surface area contributed by atoms with Crippen molar-refractivity contribution in [2.24, 2.45) is 0 Å². The lowest BCUT2D eigenvalue weighted by molar-refractivity contribution is -0.136. The van der Waals surface area contributed by atoms with E-state index in [9.17, 15) is 13.2 Å². The molecule has 10 heteroatoms. The first kappa shape index (κ1) is 22.6. The van der Waals surface area contributed by atoms with Crippen LogP contribution in [0.1, 0.15) is 29.2 Å². The summed E-state index contributed by atoms with van der Waals surface area (Å²) in [5.41, 5.74) is 3.02. The summed E-state index contributed by atoms with van der Waals surface area (Å²) in [7, 11) is -3.50. The number of aromatic nitrogens is 2. The van der Waals surface area contributed by atoms with Gasteiger partial charge in [-0.3, -0.25) is 4.79 Å². The first-order valence-electron chi connectivity index (χ1n) is 11.0. The van der Waals surface area contributed by atoms with Gasteiger partial charge in [0.05, 0.1) is 17.9 Å². The molecule has 2 aliphatic heterocycles. The van der Waals surface area contributed by atoms with Crippen LogP contribution in [0.5, 0.6) is 0 Å². The van der Waals surface area contributed by atoms with E-state index in [1.54, 1.807) is 24.3 Å². The normalized spacial score (nSPS) is 17.0. The predicted molar refractivity (Wildman–Crippen MR) is 130 cm³/mol. The fourth-order valence-corrected chi connectivity index (χ4v) is 6.10. The number of hydrogen-bond donors (Lipinski definition) is 2. The lowest BCUT2D eigenvalue weighted by Gasteiger charge is -2.40. The standard InChI is InChI=1S/C24H23ClN4O4S/c25-18-7-5-16(6-8-18)17-13-29(14-17)24-27-20-2-1-11-34(32,33)22(20)23(28-24)26-19-9-3-15(4-10-19)12-21(30)31/h3-10,17H,1-2,11-14H2,(H,30,31)(H,26,27,28). The fourth-order valence-electron chi connectivity index (χ4n) is 4.34. The van der Waals surface area contributed by atoms with E-state index in [0.717, 1.165) is 13.1 Å². The van der Waals surface area contributed by atoms with Crippen LogP contribution in [-0.4, -0.2) is 48.3 Å². The molecule has 2 aromatic carbocycles. The topological polar surface area (TPSA) is 112 Å². The van der Waals surface area contributed by atoms with Gasteiger partial charge in [-0.1, -0.05) is 35.9 Å². The number of carboxylic acids is 1. The van der Waals surface area contributed by atoms with Gasteiger partial charge in [-0.25, -0.2) is 13.4 Å². The van der Waals surface area contributed by atoms with E-state index in [0.29, 0.717) is 46.7 Å². The molecule has 5 rings (SSSR count). The van der Waals surface area contributed by atoms with E-state index in [4.69, 9.17) is 16.7 Å². The van der Waals surface area contributed by atoms with Crippen LogP contribution in [0.15, 0.2) is 53.4 Å². The Hall–Kier alpha value is -3.17. The summed E-state index contributed by atoms with van der Waals surface area (Å²) < 4.78 is 25.8. The van der Waals surface area contributed by atoms with Gasteiger partial charge in [-0.05, 0) is 48.2 Å². The minimum absolute atomic E-state index is 0.0668. The second-order valence-corrected chi connectivity index (χ2v) is 11.1. The van der Waals surface area contributed by atoms with Crippen molar-refractivity contribution >= 4 is 44.9 Å². The van der Waals surface area contributed by atoms with Crippen molar-refractivity contribution in [2.45, 2.75) is 30.1 Å². The zero-order chi connectivity index (χ0) is 23.9. The molecule has 34 heavy (non-hydrogen) atoms. The van der Waals surface area contributed by atoms with Gasteiger partial charge < -0.3 is 15.3 Å². The Morgan fingerprint density at radius 3 is 2.47 bits per heavy atom. The third-order valence-corrected chi connectivity index (χ3v) is 8.27. The second-order valence-electron chi connectivity index (χ2n) is 8.62. The van der Waals surface area contributed by atoms with E-state index in [1.807, 2.05) is 29.2 Å². The molecule has 0 atom stereocenters. The summed E-state index contributed by atoms with van der Waals surface area (Å²) in [5.74, 6) is 0.260. The Bertz CT molecular complexity index is 1340. The fraction of sp³-hybridized carbons (Fsp3) is 0.292. The van der Waals surface area contributed by atoms with Crippen molar-refractivity contribution in [3.8, 4) is 0 Å². The Morgan fingerprint density at radius 2 is 1.79 bits per heavy atom. The van der Waals surface area contributed by atoms with Crippen molar-refractivity contribution < 1.29 is 18.3 Å². The molecule has 0 spiro atoms. The molecule has 176 valence electrons. The number of nitrogens with one attached hydrogen (secondary N) is 1. The smallest absolute Gasteiger partial charge is 0.307 e. The molecule has 0 bridgehead atoms. The van der Waals surface area contributed by atoms with Crippen molar-refractivity contribution in [1.29, 1.82) is 0 Å². The quantitative estimate of drug-likeness (QED) is 0.527. The second kappa shape index (κ2) is 8.88. The Balaban J connectivity index is 1.43. The number of sulfone groups is 1. The number of halogens is 1. The lowest BCUT2D eigenvalue weighted by atomic mass is 9.92. The minimum Gasteiger partial charge on any atom is -0.481 e. The average Bonchev–Trinajstić information content (AvgIpc) is 2.74. The summed E-state index contributed by atoms with van der Waals surface area (Å²) >= 11 is 5.99. The highest BCUT2D eigenvalue weighted by Gasteiger charge is 2.34. The molecule has 0 amide bonds. The van der Waals surface area contributed by atoms with Crippen LogP contribution in [-0.2, 0) is 27.5 Å². The number of carboxylic acid groups (broad SMARTS) is 1. The molecule has 1 saturated heterocycles. The number of rotatable bonds is 6. The Labute approximate surface area is 202 Å². The molecule has 2 aliphatic rings. The van der Waals surface area contributed by atoms with Crippen LogP contribution in [0.2, 0.25) is 5.02 Å². The van der Waals surface area contributed by atoms with Crippen molar-refractivity contribution in [2.75, 3.05) is 29.1 Å². The third kappa shape index (κ3) is 4.58. The molecule has 0 unspecified atom stereocenters. The zero-order valence-corrected chi connectivity index (χ0v) is 19.8. The maximum atomic E-state index is 12.9. The molecular weight excluding hydrogens is 476 g/mol. The number of aryl methyl sites for hydroxylation is 1. The number of nitrogens with zero attached hydrogens (tertiary/aromatic N) is 3. The maximum absolute atomic E-state index is 12.9. The van der Waals surface area contributed by atoms with Gasteiger partial charge in [0.15, 0.2) is 15.7 Å². The minimum atomic E-state index is -3.50. The van der Waals surface area contributed by atoms with Crippen molar-refractivity contribution in [3.63, 3.8) is 0 Å². The first-order valence-corrected chi connectivity index (χ1v) is 13.0. The van der Waals surface area contributed by atoms with Crippen LogP contribution in [0.3, 0.4) is 0 Å². The van der Waals surface area contributed by atoms with Gasteiger partial charge >= 0.3 is 5.97 Å². The molecule has 0 aliphatic carbocycles. The van der Waals surface area contributed by atoms with Gasteiger partial charge in [0, 0.05) is 29.7 Å². The predicted octanol–water partition coefficient (Wildman–Crippen LogP) is 3.82. The van der Waals surface area contributed by atoms with E-state index in [2.05, 4.69) is 15.3 Å². The summed E-state index contributed by atoms with van der Waals surface area (Å²) in [5, 5.41) is 12.8. The van der Waals surface area contributed by atoms with E-state index in [1.165, 1.54) is 5.56 Å². The van der Waals surface area contributed by atoms with Crippen LogP contribution < -0.4 is 10.2 Å². The highest BCUT2D eigenvalue weighted by Crippen LogP contribution is 2.36. The number of anilines is 3. The third-order valence-electron chi connectivity index (χ3n) is 6.14. The lowest BCUT2D eigenvalue weighted by Crippen LogP contribution is -2.46. The molecule has 8 nitrogen and oxygen atoms in total. The monoisotopic (exact) mass is 498 g/mol. The van der Waals surface area contributed by atoms with Crippen LogP contribution >= 0.6 is 11.6 Å². The molecule has 0 radical (unpaired) electrons. The summed E-state index contributed by atoms with van der Waals surface area (Å²) in [6.07, 6.45) is 1.03. The van der Waals surface area contributed by atoms with Gasteiger partial charge in [0.1, 0.15) is 4.90 Å². The Morgan fingerprint density at radius 1 is 1.09 bits per heavy atom. The van der Waals surface area contributed by atoms with E-state index < -0.39 is 15.8 Å². The number of hydrogen-bond acceptors (Lipinski definition) is 7. The zero-order valence-electron chi connectivity index (χ0n) is 18.2. The number of benzene rings is 2. The van der Waals surface area contributed by atoms with Gasteiger partial charge in [-0.2, -0.15) is 4.98 Å². The number of fused-ring (bicyclic) bond motifs is 1.